The zero-order valence-corrected chi connectivity index (χ0v) is 43.9. The Labute approximate surface area is 412 Å². The minimum atomic E-state index is -3.73. The van der Waals surface area contributed by atoms with E-state index in [1.165, 1.54) is 7.11 Å². The van der Waals surface area contributed by atoms with Crippen molar-refractivity contribution in [3.63, 3.8) is 0 Å². The molecule has 4 N–H and O–H groups in total. The highest BCUT2D eigenvalue weighted by Gasteiger charge is 2.55. The van der Waals surface area contributed by atoms with E-state index in [0.29, 0.717) is 81.8 Å². The molecule has 0 aromatic heterocycles. The molecule has 16 heteroatoms. The Morgan fingerprint density at radius 3 is 2.29 bits per heavy atom. The second-order valence-electron chi connectivity index (χ2n) is 20.8. The molecule has 14 atom stereocenters. The molecule has 0 aromatic rings. The van der Waals surface area contributed by atoms with Crippen molar-refractivity contribution in [2.45, 2.75) is 194 Å². The fraction of sp³-hybridized carbons (Fsp3) is 0.755. The number of amides is 1. The van der Waals surface area contributed by atoms with Crippen LogP contribution in [0, 0.1) is 35.5 Å². The molecule has 3 aliphatic heterocycles. The summed E-state index contributed by atoms with van der Waals surface area (Å²) in [7, 11) is -0.719. The maximum absolute atomic E-state index is 14.4. The van der Waals surface area contributed by atoms with Crippen LogP contribution in [0.15, 0.2) is 47.6 Å². The zero-order valence-electron chi connectivity index (χ0n) is 43.1. The fourth-order valence-corrected chi connectivity index (χ4v) is 11.9. The Hall–Kier alpha value is -3.22. The van der Waals surface area contributed by atoms with Crippen LogP contribution in [-0.4, -0.2) is 132 Å². The molecule has 0 radical (unpaired) electrons. The van der Waals surface area contributed by atoms with Gasteiger partial charge >= 0.3 is 17.7 Å². The van der Waals surface area contributed by atoms with Crippen molar-refractivity contribution in [3.8, 4) is 0 Å². The maximum Gasteiger partial charge on any atom is 0.461 e. The summed E-state index contributed by atoms with van der Waals surface area (Å²) >= 11 is 0. The van der Waals surface area contributed by atoms with E-state index >= 15 is 0 Å². The van der Waals surface area contributed by atoms with Crippen LogP contribution in [0.5, 0.6) is 0 Å². The van der Waals surface area contributed by atoms with Crippen LogP contribution in [0.25, 0.3) is 0 Å². The first-order chi connectivity index (χ1) is 32.5. The third-order valence-electron chi connectivity index (χ3n) is 14.9. The number of ketones is 2. The molecule has 4 aliphatic rings. The van der Waals surface area contributed by atoms with Gasteiger partial charge in [-0.1, -0.05) is 83.6 Å². The van der Waals surface area contributed by atoms with E-state index in [2.05, 4.69) is 4.72 Å². The van der Waals surface area contributed by atoms with Crippen LogP contribution in [0.4, 0.5) is 0 Å². The van der Waals surface area contributed by atoms with Gasteiger partial charge in [0, 0.05) is 44.9 Å². The topological polar surface area (TPSA) is 215 Å². The first kappa shape index (κ1) is 58.4. The highest BCUT2D eigenvalue weighted by Crippen LogP contribution is 2.37. The molecule has 0 unspecified atom stereocenters. The zero-order chi connectivity index (χ0) is 51.2. The molecule has 1 saturated carbocycles. The van der Waals surface area contributed by atoms with Gasteiger partial charge in [0.05, 0.1) is 24.1 Å². The third kappa shape index (κ3) is 16.4. The van der Waals surface area contributed by atoms with Crippen LogP contribution >= 0.6 is 0 Å². The van der Waals surface area contributed by atoms with Crippen LogP contribution in [-0.2, 0) is 48.1 Å². The number of fused-ring (bicyclic) bond motifs is 2. The summed E-state index contributed by atoms with van der Waals surface area (Å²) in [6, 6.07) is -0.769. The van der Waals surface area contributed by atoms with Crippen molar-refractivity contribution in [1.82, 2.24) is 4.72 Å². The molecule has 390 valence electrons. The summed E-state index contributed by atoms with van der Waals surface area (Å²) < 4.78 is 54.0. The van der Waals surface area contributed by atoms with Gasteiger partial charge in [-0.15, -0.1) is 0 Å². The number of nitrogens with one attached hydrogen (secondary N) is 1. The Morgan fingerprint density at radius 2 is 1.61 bits per heavy atom. The van der Waals surface area contributed by atoms with E-state index in [-0.39, 0.29) is 66.4 Å². The first-order valence-electron chi connectivity index (χ1n) is 25.5. The number of methoxy groups -OCH3 is 2. The lowest BCUT2D eigenvalue weighted by Crippen LogP contribution is -2.58. The number of carbonyl (C=O) groups excluding carboxylic acids is 4. The highest BCUT2D eigenvalue weighted by atomic mass is 32.2. The molecular weight excluding hydrogens is 905 g/mol. The van der Waals surface area contributed by atoms with E-state index in [9.17, 15) is 42.9 Å². The van der Waals surface area contributed by atoms with Gasteiger partial charge in [-0.25, -0.2) is 22.7 Å². The smallest absolute Gasteiger partial charge is 0.454 e. The number of ether oxygens (including phenoxy) is 4. The minimum Gasteiger partial charge on any atom is -0.454 e. The molecule has 3 heterocycles. The van der Waals surface area contributed by atoms with Crippen LogP contribution in [0.2, 0.25) is 0 Å². The number of esters is 1. The lowest BCUT2D eigenvalue weighted by Gasteiger charge is -2.40. The Bertz CT molecular complexity index is 2030. The van der Waals surface area contributed by atoms with Gasteiger partial charge in [0.25, 0.3) is 5.71 Å². The number of rotatable bonds is 9. The normalized spacial score (nSPS) is 37.9. The van der Waals surface area contributed by atoms with Gasteiger partial charge in [-0.3, -0.25) is 9.59 Å². The number of hydrogen-bond acceptors (Lipinski definition) is 13. The molecular formula is C53H85N2O13S+. The Kier molecular flexibility index (Phi) is 22.8. The number of nitrogens with zero attached hydrogens (tertiary/aromatic N) is 1. The molecule has 1 amide bonds. The quantitative estimate of drug-likeness (QED) is 0.0845. The molecule has 4 rings (SSSR count). The largest absolute Gasteiger partial charge is 0.461 e. The van der Waals surface area contributed by atoms with Crippen LogP contribution in [0.3, 0.4) is 0 Å². The SMILES string of the molecule is CCCS(=O)(=O)N[C@H]1C[C@@H]2CC[C@@H](C)[C@@](O)(O2)C(=O)C(=O)[N+]2=C(CCCC2)C(=O)O[C@H]([C@H](C)C[C@@H]2CC[C@@H](O)[C@H](OC)C2)CC[C@H](C)/C=C(\C)[C@@H](O)[C@@H](OC)C(=O)[C@H](C)C[C@H](C)/C=C/C=C/C=C/1C. The number of carbonyl (C=O) groups is 4. The summed E-state index contributed by atoms with van der Waals surface area (Å²) in [5.41, 5.74) is 1.26. The van der Waals surface area contributed by atoms with Gasteiger partial charge < -0.3 is 34.3 Å². The number of hydrogen-bond donors (Lipinski definition) is 4. The van der Waals surface area contributed by atoms with Gasteiger partial charge in [-0.05, 0) is 120 Å². The number of allylic oxidation sites excluding steroid dienone is 6. The van der Waals surface area contributed by atoms with Gasteiger partial charge in [0.2, 0.25) is 15.8 Å². The van der Waals surface area contributed by atoms with Gasteiger partial charge in [-0.2, -0.15) is 4.58 Å². The lowest BCUT2D eigenvalue weighted by atomic mass is 9.78. The van der Waals surface area contributed by atoms with Crippen molar-refractivity contribution in [2.24, 2.45) is 35.5 Å². The minimum absolute atomic E-state index is 0.0106. The predicted octanol–water partition coefficient (Wildman–Crippen LogP) is 6.47. The predicted molar refractivity (Wildman–Crippen MR) is 265 cm³/mol. The molecule has 0 aromatic carbocycles. The van der Waals surface area contributed by atoms with Gasteiger partial charge in [0.15, 0.2) is 12.3 Å². The second-order valence-corrected chi connectivity index (χ2v) is 22.6. The van der Waals surface area contributed by atoms with Crippen molar-refractivity contribution < 1.29 is 66.4 Å². The van der Waals surface area contributed by atoms with Crippen molar-refractivity contribution in [1.29, 1.82) is 0 Å². The molecule has 15 nitrogen and oxygen atoms in total. The van der Waals surface area contributed by atoms with Crippen LogP contribution < -0.4 is 4.72 Å². The Balaban J connectivity index is 1.75. The average Bonchev–Trinajstić information content (AvgIpc) is 3.30. The van der Waals surface area contributed by atoms with Crippen molar-refractivity contribution in [2.75, 3.05) is 26.5 Å². The van der Waals surface area contributed by atoms with E-state index in [1.54, 1.807) is 47.0 Å². The third-order valence-corrected chi connectivity index (χ3v) is 16.5. The highest BCUT2D eigenvalue weighted by molar-refractivity contribution is 7.89. The summed E-state index contributed by atoms with van der Waals surface area (Å²) in [4.78, 5) is 56.9. The summed E-state index contributed by atoms with van der Waals surface area (Å²) in [5.74, 6) is -7.13. The number of cyclic esters (lactones) is 1. The molecule has 2 bridgehead atoms. The molecule has 2 fully saturated rings. The molecule has 69 heavy (non-hydrogen) atoms. The van der Waals surface area contributed by atoms with Crippen molar-refractivity contribution in [3.05, 3.63) is 47.6 Å². The van der Waals surface area contributed by atoms with Crippen LogP contribution in [0.1, 0.15) is 145 Å². The molecule has 1 saturated heterocycles. The first-order valence-corrected chi connectivity index (χ1v) is 27.2. The monoisotopic (exact) mass is 990 g/mol. The van der Waals surface area contributed by atoms with E-state index in [1.807, 2.05) is 52.0 Å². The van der Waals surface area contributed by atoms with Gasteiger partial charge in [0.1, 0.15) is 18.3 Å². The number of Topliss-reactive ketones (excluding diaryl/α,β-unsaturated/α-hetero) is 2. The number of aliphatic hydroxyl groups is 3. The van der Waals surface area contributed by atoms with E-state index < -0.39 is 81.9 Å². The summed E-state index contributed by atoms with van der Waals surface area (Å²) in [5, 5.41) is 34.1. The lowest BCUT2D eigenvalue weighted by molar-refractivity contribution is -0.451. The second kappa shape index (κ2) is 27.0. The number of sulfonamides is 1. The van der Waals surface area contributed by atoms with E-state index in [4.69, 9.17) is 18.9 Å². The Morgan fingerprint density at radius 1 is 0.884 bits per heavy atom. The molecule has 0 spiro atoms. The van der Waals surface area contributed by atoms with Crippen molar-refractivity contribution >= 4 is 39.2 Å². The average molecular weight is 990 g/mol. The fourth-order valence-electron chi connectivity index (χ4n) is 10.6. The standard InChI is InChI=1S/C53H85N2O13S/c1-11-27-69(63,64)54-42-32-41-23-21-39(8)53(62,68-41)50(59)51(60)55-26-16-15-19-43(55)52(61)67-45(36(5)30-40-22-24-44(56)46(31-40)65-9)25-20-34(3)29-38(7)48(58)49(66-10)47(57)37(6)28-33(2)17-13-12-14-18-35(42)4/h12-14,17-18,29,33-34,36-37,39-42,44-46,48-49,54,56,58,62H,11,15-16,19-28,30-32H2,1-10H3/q+1/b14-12+,17-13+,35-18+,38-29+/t33-,34+,36-,37-,39-,40+,41+,42+,44-,45+,46-,48-,49+,53-/m1/s1. The number of aliphatic hydroxyl groups excluding tert-OH is 2. The summed E-state index contributed by atoms with van der Waals surface area (Å²) in [6.45, 7) is 14.9. The maximum atomic E-state index is 14.4. The molecule has 1 aliphatic carbocycles. The summed E-state index contributed by atoms with van der Waals surface area (Å²) in [6.07, 6.45) is 13.2. The van der Waals surface area contributed by atoms with E-state index in [0.717, 1.165) is 11.0 Å².